The Kier molecular flexibility index (Phi) is 5.03. The summed E-state index contributed by atoms with van der Waals surface area (Å²) in [6, 6.07) is 19.0. The average molecular weight is 560 g/mol. The number of thiazole rings is 1. The molecule has 38 heavy (non-hydrogen) atoms. The Morgan fingerprint density at radius 2 is 1.76 bits per heavy atom. The van der Waals surface area contributed by atoms with Crippen molar-refractivity contribution in [2.24, 2.45) is 0 Å². The highest BCUT2D eigenvalue weighted by Gasteiger charge is 2.66. The van der Waals surface area contributed by atoms with Gasteiger partial charge in [0.15, 0.2) is 16.1 Å². The zero-order chi connectivity index (χ0) is 26.2. The molecule has 0 saturated carbocycles. The van der Waals surface area contributed by atoms with Crippen LogP contribution in [0.5, 0.6) is 0 Å². The highest BCUT2D eigenvalue weighted by Crippen LogP contribution is 2.54. The molecule has 0 N–H and O–H groups in total. The van der Waals surface area contributed by atoms with E-state index in [1.54, 1.807) is 58.9 Å². The average Bonchev–Trinajstić information content (AvgIpc) is 3.59. The molecule has 1 unspecified atom stereocenters. The fourth-order valence-corrected chi connectivity index (χ4v) is 6.47. The van der Waals surface area contributed by atoms with Gasteiger partial charge in [-0.25, -0.2) is 4.98 Å². The van der Waals surface area contributed by atoms with E-state index >= 15 is 0 Å². The lowest BCUT2D eigenvalue weighted by Crippen LogP contribution is -2.53. The Balaban J connectivity index is 1.57. The number of nitrogens with zero attached hydrogens (tertiary/aromatic N) is 3. The first-order valence-electron chi connectivity index (χ1n) is 11.6. The van der Waals surface area contributed by atoms with Crippen molar-refractivity contribution in [3.05, 3.63) is 121 Å². The van der Waals surface area contributed by atoms with Crippen LogP contribution in [0.3, 0.4) is 0 Å². The Morgan fingerprint density at radius 3 is 2.55 bits per heavy atom. The van der Waals surface area contributed by atoms with E-state index in [0.717, 1.165) is 5.56 Å². The van der Waals surface area contributed by atoms with Gasteiger partial charge in [0.05, 0.1) is 23.2 Å². The van der Waals surface area contributed by atoms with Gasteiger partial charge >= 0.3 is 0 Å². The standard InChI is InChI=1S/C28H15Cl2N3O4S/c29-16-9-10-21-17(13-16)23(34)22-24(37-21)25(35)33(27-31-11-12-38-27)28(22)18-6-2-4-8-20(18)32(26(28)36)14-15-5-1-3-7-19(15)30/h1-13H,14H2. The Hall–Kier alpha value is -3.98. The van der Waals surface area contributed by atoms with Crippen molar-refractivity contribution in [1.29, 1.82) is 0 Å². The number of fused-ring (bicyclic) bond motifs is 5. The monoisotopic (exact) mass is 559 g/mol. The largest absolute Gasteiger partial charge is 0.450 e. The van der Waals surface area contributed by atoms with E-state index < -0.39 is 22.8 Å². The molecular weight excluding hydrogens is 545 g/mol. The molecule has 2 amide bonds. The molecule has 0 bridgehead atoms. The summed E-state index contributed by atoms with van der Waals surface area (Å²) in [5.74, 6) is -1.29. The molecule has 0 fully saturated rings. The minimum atomic E-state index is -1.82. The summed E-state index contributed by atoms with van der Waals surface area (Å²) in [4.78, 5) is 50.1. The summed E-state index contributed by atoms with van der Waals surface area (Å²) in [5, 5.41) is 2.99. The maximum atomic E-state index is 14.7. The molecule has 0 radical (unpaired) electrons. The first kappa shape index (κ1) is 23.2. The lowest BCUT2D eigenvalue weighted by atomic mass is 9.84. The third kappa shape index (κ3) is 2.96. The number of para-hydroxylation sites is 1. The predicted molar refractivity (Wildman–Crippen MR) is 146 cm³/mol. The molecule has 1 atom stereocenters. The SMILES string of the molecule is O=C1c2oc3ccc(Cl)cc3c(=O)c2C2(C(=O)N(Cc3ccccc3Cl)c3ccccc32)N1c1nccs1. The van der Waals surface area contributed by atoms with Gasteiger partial charge in [0.25, 0.3) is 11.8 Å². The van der Waals surface area contributed by atoms with Gasteiger partial charge in [-0.2, -0.15) is 0 Å². The minimum Gasteiger partial charge on any atom is -0.450 e. The van der Waals surface area contributed by atoms with Crippen LogP contribution in [0.15, 0.2) is 87.5 Å². The van der Waals surface area contributed by atoms with Crippen molar-refractivity contribution in [3.63, 3.8) is 0 Å². The third-order valence-corrected chi connectivity index (χ3v) is 8.34. The van der Waals surface area contributed by atoms with Gasteiger partial charge in [-0.15, -0.1) is 11.3 Å². The quantitative estimate of drug-likeness (QED) is 0.270. The lowest BCUT2D eigenvalue weighted by molar-refractivity contribution is -0.121. The number of rotatable bonds is 3. The molecule has 0 aliphatic carbocycles. The molecular formula is C28H15Cl2N3O4S. The van der Waals surface area contributed by atoms with E-state index in [-0.39, 0.29) is 34.0 Å². The van der Waals surface area contributed by atoms with Crippen LogP contribution in [-0.2, 0) is 16.9 Å². The number of halogens is 2. The second-order valence-electron chi connectivity index (χ2n) is 8.94. The molecule has 7 rings (SSSR count). The van der Waals surface area contributed by atoms with Crippen LogP contribution in [0.2, 0.25) is 10.0 Å². The van der Waals surface area contributed by atoms with E-state index in [2.05, 4.69) is 4.98 Å². The predicted octanol–water partition coefficient (Wildman–Crippen LogP) is 6.01. The third-order valence-electron chi connectivity index (χ3n) is 6.98. The number of carbonyl (C=O) groups excluding carboxylic acids is 2. The number of hydrogen-bond acceptors (Lipinski definition) is 6. The van der Waals surface area contributed by atoms with Crippen molar-refractivity contribution in [2.45, 2.75) is 12.1 Å². The van der Waals surface area contributed by atoms with Crippen molar-refractivity contribution in [1.82, 2.24) is 4.98 Å². The minimum absolute atomic E-state index is 0.0495. The number of aromatic nitrogens is 1. The summed E-state index contributed by atoms with van der Waals surface area (Å²) in [6.07, 6.45) is 1.54. The molecule has 0 saturated heterocycles. The molecule has 10 heteroatoms. The van der Waals surface area contributed by atoms with Gasteiger partial charge in [-0.05, 0) is 35.9 Å². The smallest absolute Gasteiger partial charge is 0.297 e. The summed E-state index contributed by atoms with van der Waals surface area (Å²) in [6.45, 7) is 0.136. The molecule has 5 aromatic rings. The zero-order valence-electron chi connectivity index (χ0n) is 19.4. The summed E-state index contributed by atoms with van der Waals surface area (Å²) < 4.78 is 6.04. The van der Waals surface area contributed by atoms with Gasteiger partial charge in [-0.3, -0.25) is 19.3 Å². The Labute approximate surface area is 229 Å². The topological polar surface area (TPSA) is 83.7 Å². The second-order valence-corrected chi connectivity index (χ2v) is 10.7. The number of benzene rings is 3. The molecule has 2 aliphatic heterocycles. The van der Waals surface area contributed by atoms with E-state index in [0.29, 0.717) is 21.3 Å². The van der Waals surface area contributed by atoms with Crippen LogP contribution in [-0.4, -0.2) is 16.8 Å². The Bertz CT molecular complexity index is 1870. The number of carbonyl (C=O) groups is 2. The maximum absolute atomic E-state index is 14.7. The van der Waals surface area contributed by atoms with Crippen LogP contribution in [0, 0.1) is 0 Å². The van der Waals surface area contributed by atoms with Crippen LogP contribution >= 0.6 is 34.5 Å². The fraction of sp³-hybridized carbons (Fsp3) is 0.0714. The normalized spacial score (nSPS) is 18.1. The molecule has 2 aromatic heterocycles. The van der Waals surface area contributed by atoms with Gasteiger partial charge in [0, 0.05) is 27.2 Å². The van der Waals surface area contributed by atoms with Crippen LogP contribution in [0.1, 0.15) is 27.2 Å². The van der Waals surface area contributed by atoms with Gasteiger partial charge in [0.1, 0.15) is 5.58 Å². The zero-order valence-corrected chi connectivity index (χ0v) is 21.7. The molecule has 4 heterocycles. The van der Waals surface area contributed by atoms with Crippen LogP contribution < -0.4 is 15.2 Å². The van der Waals surface area contributed by atoms with Crippen LogP contribution in [0.25, 0.3) is 11.0 Å². The van der Waals surface area contributed by atoms with Gasteiger partial charge in [-0.1, -0.05) is 59.6 Å². The van der Waals surface area contributed by atoms with Gasteiger partial charge in [0.2, 0.25) is 5.76 Å². The fourth-order valence-electron chi connectivity index (χ4n) is 5.42. The van der Waals surface area contributed by atoms with Crippen molar-refractivity contribution < 1.29 is 14.0 Å². The number of anilines is 2. The molecule has 7 nitrogen and oxygen atoms in total. The van der Waals surface area contributed by atoms with Gasteiger partial charge < -0.3 is 9.32 Å². The molecule has 3 aromatic carbocycles. The van der Waals surface area contributed by atoms with E-state index in [4.69, 9.17) is 27.6 Å². The summed E-state index contributed by atoms with van der Waals surface area (Å²) in [5.41, 5.74) is -0.408. The highest BCUT2D eigenvalue weighted by atomic mass is 35.5. The van der Waals surface area contributed by atoms with E-state index in [1.165, 1.54) is 22.3 Å². The Morgan fingerprint density at radius 1 is 0.974 bits per heavy atom. The number of hydrogen-bond donors (Lipinski definition) is 0. The van der Waals surface area contributed by atoms with E-state index in [9.17, 15) is 14.4 Å². The second kappa shape index (κ2) is 8.26. The first-order valence-corrected chi connectivity index (χ1v) is 13.2. The van der Waals surface area contributed by atoms with Crippen LogP contribution in [0.4, 0.5) is 10.8 Å². The lowest BCUT2D eigenvalue weighted by Gasteiger charge is -2.32. The molecule has 1 spiro atoms. The first-order chi connectivity index (χ1) is 18.4. The summed E-state index contributed by atoms with van der Waals surface area (Å²) >= 11 is 13.9. The molecule has 2 aliphatic rings. The maximum Gasteiger partial charge on any atom is 0.297 e. The summed E-state index contributed by atoms with van der Waals surface area (Å²) in [7, 11) is 0. The number of amides is 2. The highest BCUT2D eigenvalue weighted by molar-refractivity contribution is 7.13. The van der Waals surface area contributed by atoms with Crippen molar-refractivity contribution in [2.75, 3.05) is 9.80 Å². The van der Waals surface area contributed by atoms with E-state index in [1.807, 2.05) is 18.2 Å². The van der Waals surface area contributed by atoms with Crippen molar-refractivity contribution in [3.8, 4) is 0 Å². The van der Waals surface area contributed by atoms with Crippen molar-refractivity contribution >= 4 is 68.1 Å². The molecule has 186 valence electrons.